The van der Waals surface area contributed by atoms with E-state index in [1.807, 2.05) is 0 Å². The van der Waals surface area contributed by atoms with Crippen molar-refractivity contribution in [1.82, 2.24) is 5.43 Å². The Morgan fingerprint density at radius 3 is 2.95 bits per heavy atom. The minimum atomic E-state index is -0.863. The summed E-state index contributed by atoms with van der Waals surface area (Å²) >= 11 is 1.50. The van der Waals surface area contributed by atoms with E-state index in [0.29, 0.717) is 23.6 Å². The highest BCUT2D eigenvalue weighted by Gasteiger charge is 2.17. The first-order valence-corrected chi connectivity index (χ1v) is 7.78. The molecule has 0 radical (unpaired) electrons. The molecule has 1 saturated heterocycles. The number of nitrogens with zero attached hydrogens (tertiary/aromatic N) is 2. The molecule has 0 aliphatic carbocycles. The average molecular weight is 311 g/mol. The summed E-state index contributed by atoms with van der Waals surface area (Å²) in [6, 6.07) is 3.79. The molecule has 1 aromatic rings. The topological polar surface area (TPSA) is 46.0 Å². The van der Waals surface area contributed by atoms with E-state index >= 15 is 0 Å². The zero-order valence-corrected chi connectivity index (χ0v) is 12.1. The molecule has 21 heavy (non-hydrogen) atoms. The lowest BCUT2D eigenvalue weighted by atomic mass is 10.1. The van der Waals surface area contributed by atoms with Gasteiger partial charge >= 0.3 is 0 Å². The molecule has 1 N–H and O–H groups in total. The predicted molar refractivity (Wildman–Crippen MR) is 79.8 cm³/mol. The number of benzene rings is 1. The Morgan fingerprint density at radius 1 is 1.38 bits per heavy atom. The highest BCUT2D eigenvalue weighted by Crippen LogP contribution is 2.17. The summed E-state index contributed by atoms with van der Waals surface area (Å²) < 4.78 is 31.6. The molecule has 4 nitrogen and oxygen atoms in total. The van der Waals surface area contributed by atoms with Crippen molar-refractivity contribution < 1.29 is 13.5 Å². The Morgan fingerprint density at radius 2 is 2.29 bits per heavy atom. The average Bonchev–Trinajstić information content (AvgIpc) is 3.02. The van der Waals surface area contributed by atoms with E-state index in [1.54, 1.807) is 0 Å². The molecule has 1 atom stereocenters. The van der Waals surface area contributed by atoms with Crippen LogP contribution in [-0.4, -0.2) is 35.9 Å². The molecular formula is C14H15F2N3OS. The lowest BCUT2D eigenvalue weighted by molar-refractivity contribution is 0.118. The van der Waals surface area contributed by atoms with Crippen LogP contribution in [0.3, 0.4) is 0 Å². The van der Waals surface area contributed by atoms with Gasteiger partial charge in [0.2, 0.25) is 0 Å². The molecule has 2 aliphatic rings. The fraction of sp³-hybridized carbons (Fsp3) is 0.429. The highest BCUT2D eigenvalue weighted by molar-refractivity contribution is 8.14. The fourth-order valence-corrected chi connectivity index (χ4v) is 2.97. The van der Waals surface area contributed by atoms with E-state index in [4.69, 9.17) is 4.74 Å². The molecule has 3 rings (SSSR count). The summed E-state index contributed by atoms with van der Waals surface area (Å²) in [7, 11) is 0. The predicted octanol–water partition coefficient (Wildman–Crippen LogP) is 2.54. The molecule has 0 unspecified atom stereocenters. The number of aliphatic imine (C=N–C) groups is 1. The van der Waals surface area contributed by atoms with Crippen molar-refractivity contribution in [2.45, 2.75) is 18.9 Å². The van der Waals surface area contributed by atoms with Gasteiger partial charge in [0, 0.05) is 17.9 Å². The molecular weight excluding hydrogens is 296 g/mol. The molecule has 112 valence electrons. The quantitative estimate of drug-likeness (QED) is 0.933. The molecule has 0 bridgehead atoms. The number of hydrazone groups is 1. The molecule has 2 heterocycles. The number of hydrogen-bond donors (Lipinski definition) is 1. The van der Waals surface area contributed by atoms with Crippen molar-refractivity contribution >= 4 is 22.6 Å². The Labute approximate surface area is 125 Å². The zero-order valence-electron chi connectivity index (χ0n) is 11.3. The normalized spacial score (nSPS) is 24.0. The van der Waals surface area contributed by atoms with Crippen molar-refractivity contribution in [1.29, 1.82) is 0 Å². The number of ether oxygens (including phenoxy) is 1. The summed E-state index contributed by atoms with van der Waals surface area (Å²) in [6.45, 7) is 1.44. The lowest BCUT2D eigenvalue weighted by Gasteiger charge is -2.15. The third-order valence-corrected chi connectivity index (χ3v) is 4.26. The summed E-state index contributed by atoms with van der Waals surface area (Å²) in [6.07, 6.45) is 2.34. The Bertz CT molecular complexity index is 586. The second kappa shape index (κ2) is 6.53. The Balaban J connectivity index is 1.63. The number of nitrogens with one attached hydrogen (secondary N) is 1. The van der Waals surface area contributed by atoms with Crippen LogP contribution in [-0.2, 0) is 4.74 Å². The SMILES string of the molecule is Fc1ccc(C2=NNC(=NC[C@@H]3CCCO3)SC2)cc1F. The zero-order chi connectivity index (χ0) is 14.7. The van der Waals surface area contributed by atoms with Gasteiger partial charge in [-0.1, -0.05) is 11.8 Å². The van der Waals surface area contributed by atoms with E-state index in [1.165, 1.54) is 17.8 Å². The van der Waals surface area contributed by atoms with Gasteiger partial charge in [-0.15, -0.1) is 0 Å². The first kappa shape index (κ1) is 14.5. The van der Waals surface area contributed by atoms with Gasteiger partial charge in [0.25, 0.3) is 0 Å². The van der Waals surface area contributed by atoms with Gasteiger partial charge in [0.15, 0.2) is 16.8 Å². The molecule has 2 aliphatic heterocycles. The summed E-state index contributed by atoms with van der Waals surface area (Å²) in [4.78, 5) is 4.43. The number of thioether (sulfide) groups is 1. The van der Waals surface area contributed by atoms with E-state index in [9.17, 15) is 8.78 Å². The van der Waals surface area contributed by atoms with Crippen LogP contribution in [0.1, 0.15) is 18.4 Å². The minimum Gasteiger partial charge on any atom is -0.376 e. The highest BCUT2D eigenvalue weighted by atomic mass is 32.2. The summed E-state index contributed by atoms with van der Waals surface area (Å²) in [5.41, 5.74) is 4.11. The maximum absolute atomic E-state index is 13.2. The number of hydrogen-bond acceptors (Lipinski definition) is 4. The Hall–Kier alpha value is -1.47. The van der Waals surface area contributed by atoms with E-state index in [2.05, 4.69) is 15.5 Å². The maximum atomic E-state index is 13.2. The van der Waals surface area contributed by atoms with Crippen LogP contribution in [0.15, 0.2) is 28.3 Å². The van der Waals surface area contributed by atoms with Crippen molar-refractivity contribution in [2.24, 2.45) is 10.1 Å². The van der Waals surface area contributed by atoms with Crippen molar-refractivity contribution in [3.05, 3.63) is 35.4 Å². The number of amidine groups is 1. The van der Waals surface area contributed by atoms with E-state index in [-0.39, 0.29) is 6.10 Å². The number of rotatable bonds is 3. The van der Waals surface area contributed by atoms with Crippen LogP contribution in [0.5, 0.6) is 0 Å². The molecule has 7 heteroatoms. The van der Waals surface area contributed by atoms with Gasteiger partial charge < -0.3 is 4.74 Å². The van der Waals surface area contributed by atoms with Gasteiger partial charge in [0.05, 0.1) is 18.4 Å². The lowest BCUT2D eigenvalue weighted by Crippen LogP contribution is -2.26. The van der Waals surface area contributed by atoms with Crippen LogP contribution in [0.2, 0.25) is 0 Å². The van der Waals surface area contributed by atoms with Gasteiger partial charge in [-0.2, -0.15) is 5.10 Å². The van der Waals surface area contributed by atoms with Crippen LogP contribution in [0.4, 0.5) is 8.78 Å². The first-order valence-electron chi connectivity index (χ1n) is 6.79. The first-order chi connectivity index (χ1) is 10.2. The molecule has 0 spiro atoms. The second-order valence-corrected chi connectivity index (χ2v) is 5.83. The monoisotopic (exact) mass is 311 g/mol. The molecule has 1 fully saturated rings. The molecule has 0 saturated carbocycles. The van der Waals surface area contributed by atoms with Crippen molar-refractivity contribution in [3.8, 4) is 0 Å². The molecule has 1 aromatic carbocycles. The second-order valence-electron chi connectivity index (χ2n) is 4.87. The van der Waals surface area contributed by atoms with Crippen LogP contribution >= 0.6 is 11.8 Å². The van der Waals surface area contributed by atoms with Crippen LogP contribution < -0.4 is 5.43 Å². The van der Waals surface area contributed by atoms with Gasteiger partial charge in [0.1, 0.15) is 0 Å². The van der Waals surface area contributed by atoms with E-state index in [0.717, 1.165) is 36.7 Å². The third kappa shape index (κ3) is 3.59. The fourth-order valence-electron chi connectivity index (χ4n) is 2.19. The molecule has 0 aromatic heterocycles. The number of halogens is 2. The summed E-state index contributed by atoms with van der Waals surface area (Å²) in [5.74, 6) is -1.14. The van der Waals surface area contributed by atoms with Gasteiger partial charge in [-0.05, 0) is 31.0 Å². The summed E-state index contributed by atoms with van der Waals surface area (Å²) in [5, 5.41) is 4.92. The van der Waals surface area contributed by atoms with Crippen molar-refractivity contribution in [3.63, 3.8) is 0 Å². The molecule has 0 amide bonds. The van der Waals surface area contributed by atoms with Crippen LogP contribution in [0.25, 0.3) is 0 Å². The van der Waals surface area contributed by atoms with Gasteiger partial charge in [-0.25, -0.2) is 8.78 Å². The smallest absolute Gasteiger partial charge is 0.177 e. The minimum absolute atomic E-state index is 0.205. The van der Waals surface area contributed by atoms with Crippen LogP contribution in [0, 0.1) is 11.6 Å². The van der Waals surface area contributed by atoms with Gasteiger partial charge in [-0.3, -0.25) is 10.4 Å². The largest absolute Gasteiger partial charge is 0.376 e. The third-order valence-electron chi connectivity index (χ3n) is 3.35. The van der Waals surface area contributed by atoms with Crippen molar-refractivity contribution in [2.75, 3.05) is 18.9 Å². The maximum Gasteiger partial charge on any atom is 0.177 e. The Kier molecular flexibility index (Phi) is 4.50. The standard InChI is InChI=1S/C14H15F2N3OS/c15-11-4-3-9(6-12(11)16)13-8-21-14(19-18-13)17-7-10-2-1-5-20-10/h3-4,6,10H,1-2,5,7-8H2,(H,17,19)/t10-/m0/s1. The van der Waals surface area contributed by atoms with E-state index < -0.39 is 11.6 Å².